The number of nitrogens with one attached hydrogen (secondary N) is 2. The third-order valence-corrected chi connectivity index (χ3v) is 4.66. The van der Waals surface area contributed by atoms with Crippen LogP contribution in [0.5, 0.6) is 0 Å². The number of carbonyl (C=O) groups is 2. The number of methoxy groups -OCH3 is 1. The SMILES string of the molecule is COCCNC(=O)CSc1ccccc1C(=O)Nc1ccc(C(F)(F)F)cc1. The molecule has 0 aromatic heterocycles. The Hall–Kier alpha value is -2.52. The van der Waals surface area contributed by atoms with E-state index in [0.29, 0.717) is 23.6 Å². The topological polar surface area (TPSA) is 67.4 Å². The molecule has 0 aliphatic heterocycles. The summed E-state index contributed by atoms with van der Waals surface area (Å²) in [6.45, 7) is 0.800. The van der Waals surface area contributed by atoms with Crippen LogP contribution in [0.15, 0.2) is 53.4 Å². The van der Waals surface area contributed by atoms with Gasteiger partial charge in [0.05, 0.1) is 23.5 Å². The Bertz CT molecular complexity index is 811. The molecule has 0 bridgehead atoms. The van der Waals surface area contributed by atoms with Crippen molar-refractivity contribution in [2.24, 2.45) is 0 Å². The summed E-state index contributed by atoms with van der Waals surface area (Å²) in [5, 5.41) is 5.25. The molecule has 2 rings (SSSR count). The summed E-state index contributed by atoms with van der Waals surface area (Å²) in [6, 6.07) is 10.9. The Balaban J connectivity index is 2.01. The summed E-state index contributed by atoms with van der Waals surface area (Å²) in [5.74, 6) is -0.545. The van der Waals surface area contributed by atoms with Crippen molar-refractivity contribution in [1.29, 1.82) is 0 Å². The third-order valence-electron chi connectivity index (χ3n) is 3.59. The first-order valence-electron chi connectivity index (χ1n) is 8.27. The average Bonchev–Trinajstić information content (AvgIpc) is 2.66. The molecule has 2 aromatic rings. The van der Waals surface area contributed by atoms with Gasteiger partial charge in [-0.25, -0.2) is 0 Å². The monoisotopic (exact) mass is 412 g/mol. The number of anilines is 1. The number of hydrogen-bond donors (Lipinski definition) is 2. The average molecular weight is 412 g/mol. The highest BCUT2D eigenvalue weighted by Crippen LogP contribution is 2.30. The summed E-state index contributed by atoms with van der Waals surface area (Å²) in [4.78, 5) is 24.9. The predicted molar refractivity (Wildman–Crippen MR) is 101 cm³/mol. The minimum atomic E-state index is -4.43. The van der Waals surface area contributed by atoms with Gasteiger partial charge in [0.25, 0.3) is 5.91 Å². The molecule has 0 fully saturated rings. The van der Waals surface area contributed by atoms with Crippen molar-refractivity contribution < 1.29 is 27.5 Å². The number of benzene rings is 2. The molecule has 9 heteroatoms. The lowest BCUT2D eigenvalue weighted by Gasteiger charge is -2.11. The zero-order valence-corrected chi connectivity index (χ0v) is 15.8. The van der Waals surface area contributed by atoms with Crippen molar-refractivity contribution in [2.75, 3.05) is 31.3 Å². The second-order valence-electron chi connectivity index (χ2n) is 5.66. The minimum Gasteiger partial charge on any atom is -0.383 e. The fourth-order valence-electron chi connectivity index (χ4n) is 2.21. The Labute approximate surface area is 164 Å². The van der Waals surface area contributed by atoms with Gasteiger partial charge in [0.15, 0.2) is 0 Å². The summed E-state index contributed by atoms with van der Waals surface area (Å²) < 4.78 is 42.7. The van der Waals surface area contributed by atoms with Crippen LogP contribution in [0.25, 0.3) is 0 Å². The van der Waals surface area contributed by atoms with E-state index in [1.807, 2.05) is 0 Å². The van der Waals surface area contributed by atoms with Gasteiger partial charge in [-0.2, -0.15) is 13.2 Å². The van der Waals surface area contributed by atoms with Crippen LogP contribution in [0.2, 0.25) is 0 Å². The van der Waals surface area contributed by atoms with Crippen LogP contribution in [0.1, 0.15) is 15.9 Å². The minimum absolute atomic E-state index is 0.119. The van der Waals surface area contributed by atoms with Crippen LogP contribution < -0.4 is 10.6 Å². The Morgan fingerprint density at radius 2 is 1.75 bits per heavy atom. The molecular formula is C19H19F3N2O3S. The van der Waals surface area contributed by atoms with E-state index in [1.54, 1.807) is 24.3 Å². The molecule has 150 valence electrons. The highest BCUT2D eigenvalue weighted by Gasteiger charge is 2.30. The summed E-state index contributed by atoms with van der Waals surface area (Å²) in [5.41, 5.74) is -0.215. The van der Waals surface area contributed by atoms with Crippen molar-refractivity contribution in [3.63, 3.8) is 0 Å². The smallest absolute Gasteiger partial charge is 0.383 e. The summed E-state index contributed by atoms with van der Waals surface area (Å²) >= 11 is 1.20. The molecule has 2 amide bonds. The van der Waals surface area contributed by atoms with Crippen molar-refractivity contribution in [3.8, 4) is 0 Å². The van der Waals surface area contributed by atoms with Crippen LogP contribution in [-0.2, 0) is 15.7 Å². The Kier molecular flexibility index (Phi) is 7.89. The molecule has 2 N–H and O–H groups in total. The predicted octanol–water partition coefficient (Wildman–Crippen LogP) is 3.81. The summed E-state index contributed by atoms with van der Waals surface area (Å²) in [6.07, 6.45) is -4.43. The largest absolute Gasteiger partial charge is 0.416 e. The van der Waals surface area contributed by atoms with E-state index < -0.39 is 17.6 Å². The van der Waals surface area contributed by atoms with Crippen molar-refractivity contribution in [2.45, 2.75) is 11.1 Å². The molecule has 0 aliphatic rings. The van der Waals surface area contributed by atoms with Crippen molar-refractivity contribution >= 4 is 29.3 Å². The van der Waals surface area contributed by atoms with Crippen LogP contribution in [0, 0.1) is 0 Å². The molecule has 5 nitrogen and oxygen atoms in total. The van der Waals surface area contributed by atoms with Gasteiger partial charge >= 0.3 is 6.18 Å². The van der Waals surface area contributed by atoms with Gasteiger partial charge < -0.3 is 15.4 Å². The third kappa shape index (κ3) is 6.58. The van der Waals surface area contributed by atoms with Gasteiger partial charge in [0.2, 0.25) is 5.91 Å². The highest BCUT2D eigenvalue weighted by molar-refractivity contribution is 8.00. The first kappa shape index (κ1) is 21.8. The number of carbonyl (C=O) groups excluding carboxylic acids is 2. The number of halogens is 3. The molecule has 0 spiro atoms. The number of hydrogen-bond acceptors (Lipinski definition) is 4. The van der Waals surface area contributed by atoms with E-state index in [0.717, 1.165) is 12.1 Å². The maximum atomic E-state index is 12.6. The lowest BCUT2D eigenvalue weighted by molar-refractivity contribution is -0.137. The zero-order valence-electron chi connectivity index (χ0n) is 15.0. The number of amides is 2. The Morgan fingerprint density at radius 3 is 2.39 bits per heavy atom. The fourth-order valence-corrected chi connectivity index (χ4v) is 3.09. The fraction of sp³-hybridized carbons (Fsp3) is 0.263. The van der Waals surface area contributed by atoms with E-state index >= 15 is 0 Å². The van der Waals surface area contributed by atoms with E-state index in [-0.39, 0.29) is 17.3 Å². The van der Waals surface area contributed by atoms with Crippen LogP contribution in [0.3, 0.4) is 0 Å². The second kappa shape index (κ2) is 10.1. The van der Waals surface area contributed by atoms with E-state index in [4.69, 9.17) is 4.74 Å². The maximum Gasteiger partial charge on any atom is 0.416 e. The molecular weight excluding hydrogens is 393 g/mol. The van der Waals surface area contributed by atoms with Gasteiger partial charge in [-0.3, -0.25) is 9.59 Å². The molecule has 0 atom stereocenters. The Morgan fingerprint density at radius 1 is 1.07 bits per heavy atom. The highest BCUT2D eigenvalue weighted by atomic mass is 32.2. The lowest BCUT2D eigenvalue weighted by Crippen LogP contribution is -2.28. The van der Waals surface area contributed by atoms with Gasteiger partial charge in [0, 0.05) is 24.2 Å². The maximum absolute atomic E-state index is 12.6. The van der Waals surface area contributed by atoms with E-state index in [1.165, 1.54) is 31.0 Å². The standard InChI is InChI=1S/C19H19F3N2O3S/c1-27-11-10-23-17(25)12-28-16-5-3-2-4-15(16)18(26)24-14-8-6-13(7-9-14)19(20,21)22/h2-9H,10-12H2,1H3,(H,23,25)(H,24,26). The molecule has 0 saturated heterocycles. The molecule has 0 heterocycles. The van der Waals surface area contributed by atoms with Crippen LogP contribution in [0.4, 0.5) is 18.9 Å². The quantitative estimate of drug-likeness (QED) is 0.511. The van der Waals surface area contributed by atoms with E-state index in [9.17, 15) is 22.8 Å². The molecule has 2 aromatic carbocycles. The zero-order chi connectivity index (χ0) is 20.6. The number of alkyl halides is 3. The van der Waals surface area contributed by atoms with Gasteiger partial charge in [-0.15, -0.1) is 11.8 Å². The number of ether oxygens (including phenoxy) is 1. The molecule has 0 saturated carbocycles. The van der Waals surface area contributed by atoms with Gasteiger partial charge in [-0.05, 0) is 36.4 Å². The van der Waals surface area contributed by atoms with Crippen molar-refractivity contribution in [1.82, 2.24) is 5.32 Å². The number of rotatable bonds is 8. The summed E-state index contributed by atoms with van der Waals surface area (Å²) in [7, 11) is 1.53. The van der Waals surface area contributed by atoms with Gasteiger partial charge in [-0.1, -0.05) is 12.1 Å². The number of thioether (sulfide) groups is 1. The molecule has 0 unspecified atom stereocenters. The second-order valence-corrected chi connectivity index (χ2v) is 6.67. The van der Waals surface area contributed by atoms with Gasteiger partial charge in [0.1, 0.15) is 0 Å². The molecule has 28 heavy (non-hydrogen) atoms. The van der Waals surface area contributed by atoms with Crippen LogP contribution >= 0.6 is 11.8 Å². The van der Waals surface area contributed by atoms with E-state index in [2.05, 4.69) is 10.6 Å². The molecule has 0 aliphatic carbocycles. The van der Waals surface area contributed by atoms with Crippen LogP contribution in [-0.4, -0.2) is 37.8 Å². The molecule has 0 radical (unpaired) electrons. The lowest BCUT2D eigenvalue weighted by atomic mass is 10.1. The normalized spacial score (nSPS) is 11.1. The first-order chi connectivity index (χ1) is 13.3. The first-order valence-corrected chi connectivity index (χ1v) is 9.26. The van der Waals surface area contributed by atoms with Crippen molar-refractivity contribution in [3.05, 3.63) is 59.7 Å².